The van der Waals surface area contributed by atoms with Gasteiger partial charge in [-0.2, -0.15) is 0 Å². The fraction of sp³-hybridized carbons (Fsp3) is 0.318. The molecular weight excluding hydrogens is 414 g/mol. The maximum Gasteiger partial charge on any atom is 0.331 e. The molecule has 1 fully saturated rings. The Morgan fingerprint density at radius 3 is 2.25 bits per heavy atom. The smallest absolute Gasteiger partial charge is 0.331 e. The summed E-state index contributed by atoms with van der Waals surface area (Å²) in [6, 6.07) is 13.2. The van der Waals surface area contributed by atoms with Crippen molar-refractivity contribution in [2.45, 2.75) is 20.0 Å². The molecule has 10 heteroatoms. The highest BCUT2D eigenvalue weighted by atomic mass is 16.6. The molecule has 0 bridgehead atoms. The summed E-state index contributed by atoms with van der Waals surface area (Å²) >= 11 is 0. The fourth-order valence-electron chi connectivity index (χ4n) is 4.05. The summed E-state index contributed by atoms with van der Waals surface area (Å²) in [6.45, 7) is 3.87. The number of amides is 1. The van der Waals surface area contributed by atoms with Crippen molar-refractivity contribution in [3.05, 3.63) is 79.5 Å². The van der Waals surface area contributed by atoms with Gasteiger partial charge in [0.25, 0.3) is 11.2 Å². The van der Waals surface area contributed by atoms with Crippen LogP contribution in [0.2, 0.25) is 0 Å². The van der Waals surface area contributed by atoms with Crippen LogP contribution in [0.1, 0.15) is 6.92 Å². The van der Waals surface area contributed by atoms with E-state index in [1.54, 1.807) is 41.3 Å². The van der Waals surface area contributed by atoms with Crippen LogP contribution in [0.4, 0.5) is 11.4 Å². The lowest BCUT2D eigenvalue weighted by Crippen LogP contribution is -2.51. The molecule has 10 nitrogen and oxygen atoms in total. The van der Waals surface area contributed by atoms with Crippen LogP contribution in [0, 0.1) is 10.1 Å². The first-order valence-electron chi connectivity index (χ1n) is 10.4. The summed E-state index contributed by atoms with van der Waals surface area (Å²) in [7, 11) is 0. The molecule has 1 aliphatic heterocycles. The number of aryl methyl sites for hydroxylation is 1. The maximum absolute atomic E-state index is 12.9. The molecule has 32 heavy (non-hydrogen) atoms. The lowest BCUT2D eigenvalue weighted by atomic mass is 10.2. The number of non-ortho nitro benzene ring substituents is 1. The number of aromatic nitrogens is 2. The summed E-state index contributed by atoms with van der Waals surface area (Å²) < 4.78 is 2.51. The van der Waals surface area contributed by atoms with E-state index in [1.165, 1.54) is 16.7 Å². The van der Waals surface area contributed by atoms with Crippen molar-refractivity contribution in [1.29, 1.82) is 0 Å². The molecule has 0 saturated carbocycles. The molecule has 4 rings (SSSR count). The Hall–Kier alpha value is -3.95. The normalized spacial score (nSPS) is 14.0. The van der Waals surface area contributed by atoms with Gasteiger partial charge in [0, 0.05) is 50.5 Å². The number of benzene rings is 2. The zero-order valence-electron chi connectivity index (χ0n) is 17.6. The molecule has 1 saturated heterocycles. The molecule has 0 radical (unpaired) electrons. The van der Waals surface area contributed by atoms with Gasteiger partial charge in [0.15, 0.2) is 0 Å². The standard InChI is InChI=1S/C22H23N5O5/c1-2-25-19-6-4-3-5-18(19)21(29)26(22(25)30)15-20(28)24-13-11-23(12-14-24)16-7-9-17(10-8-16)27(31)32/h3-10H,2,11-15H2,1H3. The van der Waals surface area contributed by atoms with Crippen molar-refractivity contribution in [3.63, 3.8) is 0 Å². The first kappa shape index (κ1) is 21.3. The zero-order chi connectivity index (χ0) is 22.8. The Kier molecular flexibility index (Phi) is 5.76. The highest BCUT2D eigenvalue weighted by molar-refractivity contribution is 5.79. The highest BCUT2D eigenvalue weighted by Crippen LogP contribution is 2.20. The van der Waals surface area contributed by atoms with Crippen LogP contribution in [-0.2, 0) is 17.9 Å². The van der Waals surface area contributed by atoms with E-state index in [4.69, 9.17) is 0 Å². The van der Waals surface area contributed by atoms with Gasteiger partial charge in [0.2, 0.25) is 5.91 Å². The number of nitro benzene ring substituents is 1. The second-order valence-corrected chi connectivity index (χ2v) is 7.58. The Labute approximate surface area is 183 Å². The number of para-hydroxylation sites is 1. The van der Waals surface area contributed by atoms with Crippen molar-refractivity contribution in [2.75, 3.05) is 31.1 Å². The minimum atomic E-state index is -0.492. The van der Waals surface area contributed by atoms with Gasteiger partial charge < -0.3 is 9.80 Å². The van der Waals surface area contributed by atoms with Crippen LogP contribution in [0.25, 0.3) is 10.9 Å². The van der Waals surface area contributed by atoms with E-state index in [0.717, 1.165) is 10.3 Å². The molecule has 0 atom stereocenters. The summed E-state index contributed by atoms with van der Waals surface area (Å²) in [5, 5.41) is 11.2. The van der Waals surface area contributed by atoms with Crippen molar-refractivity contribution >= 4 is 28.2 Å². The Morgan fingerprint density at radius 2 is 1.62 bits per heavy atom. The number of piperazine rings is 1. The quantitative estimate of drug-likeness (QED) is 0.441. The van der Waals surface area contributed by atoms with E-state index in [9.17, 15) is 24.5 Å². The van der Waals surface area contributed by atoms with Gasteiger partial charge >= 0.3 is 5.69 Å². The van der Waals surface area contributed by atoms with E-state index in [0.29, 0.717) is 43.6 Å². The molecular formula is C22H23N5O5. The predicted octanol–water partition coefficient (Wildman–Crippen LogP) is 1.44. The molecule has 1 aliphatic rings. The molecule has 0 spiro atoms. The third-order valence-electron chi connectivity index (χ3n) is 5.80. The van der Waals surface area contributed by atoms with Crippen molar-refractivity contribution in [3.8, 4) is 0 Å². The first-order valence-corrected chi connectivity index (χ1v) is 10.4. The van der Waals surface area contributed by atoms with Gasteiger partial charge in [-0.3, -0.25) is 28.8 Å². The Balaban J connectivity index is 1.49. The van der Waals surface area contributed by atoms with Crippen LogP contribution < -0.4 is 16.1 Å². The van der Waals surface area contributed by atoms with Crippen LogP contribution in [-0.4, -0.2) is 51.0 Å². The van der Waals surface area contributed by atoms with Crippen LogP contribution in [0.5, 0.6) is 0 Å². The average Bonchev–Trinajstić information content (AvgIpc) is 2.82. The molecule has 2 heterocycles. The minimum Gasteiger partial charge on any atom is -0.368 e. The highest BCUT2D eigenvalue weighted by Gasteiger charge is 2.23. The first-order chi connectivity index (χ1) is 15.4. The zero-order valence-corrected chi connectivity index (χ0v) is 17.6. The molecule has 0 unspecified atom stereocenters. The van der Waals surface area contributed by atoms with Gasteiger partial charge in [0.05, 0.1) is 15.8 Å². The molecule has 3 aromatic rings. The summed E-state index contributed by atoms with van der Waals surface area (Å²) in [5.74, 6) is -0.287. The number of nitro groups is 1. The van der Waals surface area contributed by atoms with Gasteiger partial charge in [-0.1, -0.05) is 12.1 Å². The van der Waals surface area contributed by atoms with E-state index in [-0.39, 0.29) is 18.1 Å². The Bertz CT molecular complexity index is 1290. The second-order valence-electron chi connectivity index (χ2n) is 7.58. The third kappa shape index (κ3) is 3.86. The molecule has 0 aliphatic carbocycles. The summed E-state index contributed by atoms with van der Waals surface area (Å²) in [4.78, 5) is 52.7. The van der Waals surface area contributed by atoms with Gasteiger partial charge in [-0.05, 0) is 31.2 Å². The lowest BCUT2D eigenvalue weighted by Gasteiger charge is -2.36. The van der Waals surface area contributed by atoms with Gasteiger partial charge in [-0.15, -0.1) is 0 Å². The number of anilines is 1. The van der Waals surface area contributed by atoms with E-state index in [1.807, 2.05) is 11.8 Å². The minimum absolute atomic E-state index is 0.0288. The van der Waals surface area contributed by atoms with E-state index < -0.39 is 16.2 Å². The number of nitrogens with zero attached hydrogens (tertiary/aromatic N) is 5. The molecule has 1 aromatic heterocycles. The molecule has 0 N–H and O–H groups in total. The van der Waals surface area contributed by atoms with Crippen molar-refractivity contribution in [1.82, 2.24) is 14.0 Å². The number of hydrogen-bond acceptors (Lipinski definition) is 6. The molecule has 166 valence electrons. The average molecular weight is 437 g/mol. The summed E-state index contributed by atoms with van der Waals surface area (Å²) in [6.07, 6.45) is 0. The maximum atomic E-state index is 12.9. The predicted molar refractivity (Wildman–Crippen MR) is 120 cm³/mol. The summed E-state index contributed by atoms with van der Waals surface area (Å²) in [5.41, 5.74) is 0.480. The monoisotopic (exact) mass is 437 g/mol. The van der Waals surface area contributed by atoms with Crippen LogP contribution >= 0.6 is 0 Å². The van der Waals surface area contributed by atoms with Gasteiger partial charge in [-0.25, -0.2) is 4.79 Å². The third-order valence-corrected chi connectivity index (χ3v) is 5.80. The molecule has 1 amide bonds. The number of carbonyl (C=O) groups is 1. The lowest BCUT2D eigenvalue weighted by molar-refractivity contribution is -0.384. The van der Waals surface area contributed by atoms with Crippen molar-refractivity contribution < 1.29 is 9.72 Å². The molecule has 2 aromatic carbocycles. The SMILES string of the molecule is CCn1c(=O)n(CC(=O)N2CCN(c3ccc([N+](=O)[O-])cc3)CC2)c(=O)c2ccccc21. The van der Waals surface area contributed by atoms with Crippen molar-refractivity contribution in [2.24, 2.45) is 0 Å². The number of hydrogen-bond donors (Lipinski definition) is 0. The van der Waals surface area contributed by atoms with Gasteiger partial charge in [0.1, 0.15) is 6.54 Å². The van der Waals surface area contributed by atoms with Crippen LogP contribution in [0.3, 0.4) is 0 Å². The van der Waals surface area contributed by atoms with E-state index in [2.05, 4.69) is 0 Å². The van der Waals surface area contributed by atoms with E-state index >= 15 is 0 Å². The topological polar surface area (TPSA) is 111 Å². The Morgan fingerprint density at radius 1 is 0.969 bits per heavy atom. The second kappa shape index (κ2) is 8.66. The number of carbonyl (C=O) groups excluding carboxylic acids is 1. The number of fused-ring (bicyclic) bond motifs is 1. The fourth-order valence-corrected chi connectivity index (χ4v) is 4.05. The van der Waals surface area contributed by atoms with Crippen LogP contribution in [0.15, 0.2) is 58.1 Å². The largest absolute Gasteiger partial charge is 0.368 e. The number of rotatable bonds is 5.